The smallest absolute Gasteiger partial charge is 0.238 e. The Hall–Kier alpha value is -2.40. The number of nitrogens with zero attached hydrogens (tertiary/aromatic N) is 1. The van der Waals surface area contributed by atoms with Crippen molar-refractivity contribution < 1.29 is 13.9 Å². The molecule has 1 N–H and O–H groups in total. The molecule has 25 heavy (non-hydrogen) atoms. The maximum Gasteiger partial charge on any atom is 0.238 e. The first kappa shape index (κ1) is 18.9. The molecule has 0 saturated heterocycles. The van der Waals surface area contributed by atoms with E-state index in [0.717, 1.165) is 29.8 Å². The first-order chi connectivity index (χ1) is 12.0. The lowest BCUT2D eigenvalue weighted by Gasteiger charge is -2.17. The van der Waals surface area contributed by atoms with Gasteiger partial charge in [0, 0.05) is 12.2 Å². The Morgan fingerprint density at radius 2 is 1.88 bits per heavy atom. The Morgan fingerprint density at radius 1 is 1.16 bits per heavy atom. The Balaban J connectivity index is 1.69. The molecule has 0 bridgehead atoms. The van der Waals surface area contributed by atoms with Crippen molar-refractivity contribution in [2.75, 3.05) is 32.1 Å². The molecule has 0 aliphatic rings. The van der Waals surface area contributed by atoms with Gasteiger partial charge in [-0.25, -0.2) is 4.39 Å². The number of carbonyl (C=O) groups excluding carboxylic acids is 1. The average molecular weight is 344 g/mol. The van der Waals surface area contributed by atoms with Gasteiger partial charge in [0.2, 0.25) is 5.91 Å². The molecule has 134 valence electrons. The van der Waals surface area contributed by atoms with Gasteiger partial charge in [0.15, 0.2) is 0 Å². The van der Waals surface area contributed by atoms with Crippen LogP contribution in [0, 0.1) is 19.7 Å². The van der Waals surface area contributed by atoms with Crippen LogP contribution in [-0.4, -0.2) is 37.6 Å². The van der Waals surface area contributed by atoms with Gasteiger partial charge in [-0.2, -0.15) is 0 Å². The summed E-state index contributed by atoms with van der Waals surface area (Å²) in [6.07, 6.45) is 0.782. The van der Waals surface area contributed by atoms with Crippen molar-refractivity contribution in [2.24, 2.45) is 0 Å². The van der Waals surface area contributed by atoms with Crippen molar-refractivity contribution in [3.63, 3.8) is 0 Å². The molecule has 0 saturated carbocycles. The number of carbonyl (C=O) groups is 1. The number of nitrogens with one attached hydrogen (secondary N) is 1. The van der Waals surface area contributed by atoms with Crippen molar-refractivity contribution >= 4 is 11.6 Å². The predicted molar refractivity (Wildman–Crippen MR) is 98.6 cm³/mol. The zero-order valence-corrected chi connectivity index (χ0v) is 15.0. The Labute approximate surface area is 148 Å². The molecule has 0 spiro atoms. The van der Waals surface area contributed by atoms with Crippen LogP contribution in [0.2, 0.25) is 0 Å². The van der Waals surface area contributed by atoms with Crippen LogP contribution in [0.1, 0.15) is 17.5 Å². The maximum atomic E-state index is 12.8. The van der Waals surface area contributed by atoms with E-state index in [2.05, 4.69) is 5.32 Å². The van der Waals surface area contributed by atoms with Gasteiger partial charge in [-0.05, 0) is 68.8 Å². The third kappa shape index (κ3) is 6.19. The van der Waals surface area contributed by atoms with Gasteiger partial charge in [-0.15, -0.1) is 0 Å². The van der Waals surface area contributed by atoms with Gasteiger partial charge >= 0.3 is 0 Å². The molecule has 2 aromatic carbocycles. The minimum absolute atomic E-state index is 0.0318. The van der Waals surface area contributed by atoms with E-state index in [1.54, 1.807) is 12.1 Å². The van der Waals surface area contributed by atoms with Crippen LogP contribution in [0.25, 0.3) is 0 Å². The summed E-state index contributed by atoms with van der Waals surface area (Å²) in [7, 11) is 1.90. The number of hydrogen-bond donors (Lipinski definition) is 1. The highest BCUT2D eigenvalue weighted by Gasteiger charge is 2.09. The molecule has 0 atom stereocenters. The second-order valence-electron chi connectivity index (χ2n) is 6.19. The lowest BCUT2D eigenvalue weighted by Crippen LogP contribution is -2.31. The highest BCUT2D eigenvalue weighted by Crippen LogP contribution is 2.17. The minimum atomic E-state index is -0.276. The normalized spacial score (nSPS) is 10.8. The number of likely N-dealkylation sites (N-methyl/N-ethyl adjacent to an activating group) is 1. The third-order valence-corrected chi connectivity index (χ3v) is 4.06. The van der Waals surface area contributed by atoms with Gasteiger partial charge in [0.05, 0.1) is 13.2 Å². The minimum Gasteiger partial charge on any atom is -0.494 e. The van der Waals surface area contributed by atoms with Crippen molar-refractivity contribution in [1.29, 1.82) is 0 Å². The molecule has 0 aliphatic carbocycles. The van der Waals surface area contributed by atoms with Crippen molar-refractivity contribution in [3.8, 4) is 5.75 Å². The number of benzene rings is 2. The molecule has 0 heterocycles. The van der Waals surface area contributed by atoms with E-state index in [4.69, 9.17) is 4.74 Å². The second kappa shape index (κ2) is 9.18. The molecule has 1 amide bonds. The van der Waals surface area contributed by atoms with Gasteiger partial charge in [0.1, 0.15) is 11.6 Å². The van der Waals surface area contributed by atoms with E-state index in [-0.39, 0.29) is 11.7 Å². The standard InChI is InChI=1S/C20H25FN2O2/c1-15-6-4-7-19(16(15)2)22-20(24)14-23(3)12-5-13-25-18-10-8-17(21)9-11-18/h4,6-11H,5,12-14H2,1-3H3,(H,22,24). The highest BCUT2D eigenvalue weighted by molar-refractivity contribution is 5.93. The number of hydrogen-bond acceptors (Lipinski definition) is 3. The molecule has 0 fully saturated rings. The van der Waals surface area contributed by atoms with Crippen molar-refractivity contribution in [1.82, 2.24) is 4.90 Å². The highest BCUT2D eigenvalue weighted by atomic mass is 19.1. The van der Waals surface area contributed by atoms with Crippen LogP contribution in [0.3, 0.4) is 0 Å². The summed E-state index contributed by atoms with van der Waals surface area (Å²) in [5.74, 6) is 0.342. The SMILES string of the molecule is Cc1cccc(NC(=O)CN(C)CCCOc2ccc(F)cc2)c1C. The molecule has 0 unspecified atom stereocenters. The largest absolute Gasteiger partial charge is 0.494 e. The molecule has 0 radical (unpaired) electrons. The van der Waals surface area contributed by atoms with E-state index in [0.29, 0.717) is 18.9 Å². The van der Waals surface area contributed by atoms with Crippen LogP contribution in [0.15, 0.2) is 42.5 Å². The van der Waals surface area contributed by atoms with Gasteiger partial charge in [-0.1, -0.05) is 12.1 Å². The average Bonchev–Trinajstić information content (AvgIpc) is 2.57. The molecule has 5 heteroatoms. The van der Waals surface area contributed by atoms with Gasteiger partial charge in [0.25, 0.3) is 0 Å². The number of rotatable bonds is 8. The molecule has 2 aromatic rings. The first-order valence-electron chi connectivity index (χ1n) is 8.38. The fourth-order valence-corrected chi connectivity index (χ4v) is 2.46. The molecule has 4 nitrogen and oxygen atoms in total. The van der Waals surface area contributed by atoms with Crippen molar-refractivity contribution in [2.45, 2.75) is 20.3 Å². The van der Waals surface area contributed by atoms with Crippen LogP contribution in [-0.2, 0) is 4.79 Å². The number of amides is 1. The van der Waals surface area contributed by atoms with E-state index >= 15 is 0 Å². The number of ether oxygens (including phenoxy) is 1. The molecule has 2 rings (SSSR count). The zero-order valence-electron chi connectivity index (χ0n) is 15.0. The summed E-state index contributed by atoms with van der Waals surface area (Å²) in [5, 5.41) is 2.96. The van der Waals surface area contributed by atoms with E-state index in [1.165, 1.54) is 12.1 Å². The summed E-state index contributed by atoms with van der Waals surface area (Å²) < 4.78 is 18.4. The number of halogens is 1. The fraction of sp³-hybridized carbons (Fsp3) is 0.350. The molecular formula is C20H25FN2O2. The monoisotopic (exact) mass is 344 g/mol. The van der Waals surface area contributed by atoms with Crippen LogP contribution in [0.4, 0.5) is 10.1 Å². The van der Waals surface area contributed by atoms with E-state index in [9.17, 15) is 9.18 Å². The quantitative estimate of drug-likeness (QED) is 0.741. The summed E-state index contributed by atoms with van der Waals surface area (Å²) in [5.41, 5.74) is 3.10. The lowest BCUT2D eigenvalue weighted by atomic mass is 10.1. The van der Waals surface area contributed by atoms with E-state index < -0.39 is 0 Å². The predicted octanol–water partition coefficient (Wildman–Crippen LogP) is 3.78. The molecule has 0 aromatic heterocycles. The maximum absolute atomic E-state index is 12.8. The molecular weight excluding hydrogens is 319 g/mol. The summed E-state index contributed by atoms with van der Waals surface area (Å²) in [4.78, 5) is 14.1. The van der Waals surface area contributed by atoms with Crippen LogP contribution >= 0.6 is 0 Å². The van der Waals surface area contributed by atoms with Crippen molar-refractivity contribution in [3.05, 3.63) is 59.4 Å². The number of aryl methyl sites for hydroxylation is 1. The lowest BCUT2D eigenvalue weighted by molar-refractivity contribution is -0.117. The summed E-state index contributed by atoms with van der Waals surface area (Å²) in [6, 6.07) is 11.8. The topological polar surface area (TPSA) is 41.6 Å². The second-order valence-corrected chi connectivity index (χ2v) is 6.19. The van der Waals surface area contributed by atoms with Gasteiger partial charge in [-0.3, -0.25) is 9.69 Å². The Morgan fingerprint density at radius 3 is 2.60 bits per heavy atom. The Kier molecular flexibility index (Phi) is 6.95. The fourth-order valence-electron chi connectivity index (χ4n) is 2.46. The first-order valence-corrected chi connectivity index (χ1v) is 8.38. The zero-order chi connectivity index (χ0) is 18.2. The summed E-state index contributed by atoms with van der Waals surface area (Å²) in [6.45, 7) is 5.61. The van der Waals surface area contributed by atoms with Crippen LogP contribution < -0.4 is 10.1 Å². The van der Waals surface area contributed by atoms with Crippen LogP contribution in [0.5, 0.6) is 5.75 Å². The number of anilines is 1. The van der Waals surface area contributed by atoms with E-state index in [1.807, 2.05) is 44.0 Å². The Bertz CT molecular complexity index is 701. The molecule has 0 aliphatic heterocycles. The van der Waals surface area contributed by atoms with Gasteiger partial charge < -0.3 is 10.1 Å². The third-order valence-electron chi connectivity index (χ3n) is 4.06. The summed E-state index contributed by atoms with van der Waals surface area (Å²) >= 11 is 0.